The van der Waals surface area contributed by atoms with E-state index in [1.165, 1.54) is 4.57 Å². The number of nitrogens with zero attached hydrogens (tertiary/aromatic N) is 5. The van der Waals surface area contributed by atoms with Crippen LogP contribution in [0.3, 0.4) is 0 Å². The molecular formula is C24H31N5O4. The number of aliphatic imine (C=N–C) groups is 1. The highest BCUT2D eigenvalue weighted by molar-refractivity contribution is 6.05. The quantitative estimate of drug-likeness (QED) is 0.574. The number of carbonyl (C=O) groups is 1. The van der Waals surface area contributed by atoms with Crippen LogP contribution in [-0.4, -0.2) is 57.9 Å². The van der Waals surface area contributed by atoms with Crippen molar-refractivity contribution in [3.63, 3.8) is 0 Å². The van der Waals surface area contributed by atoms with Gasteiger partial charge in [0.1, 0.15) is 5.82 Å². The first-order valence-corrected chi connectivity index (χ1v) is 11.5. The lowest BCUT2D eigenvalue weighted by Gasteiger charge is -2.13. The number of rotatable bonds is 9. The molecule has 0 bridgehead atoms. The van der Waals surface area contributed by atoms with E-state index >= 15 is 0 Å². The lowest BCUT2D eigenvalue weighted by Crippen LogP contribution is -2.42. The van der Waals surface area contributed by atoms with Crippen molar-refractivity contribution in [3.05, 3.63) is 56.0 Å². The van der Waals surface area contributed by atoms with E-state index in [4.69, 9.17) is 9.73 Å². The fraction of sp³-hybridized carbons (Fsp3) is 0.542. The number of carbonyl (C=O) groups excluding carboxylic acids is 1. The molecule has 9 nitrogen and oxygen atoms in total. The zero-order valence-electron chi connectivity index (χ0n) is 19.5. The van der Waals surface area contributed by atoms with E-state index in [1.54, 1.807) is 22.8 Å². The molecule has 1 saturated heterocycles. The summed E-state index contributed by atoms with van der Waals surface area (Å²) in [7, 11) is 3.40. The van der Waals surface area contributed by atoms with Gasteiger partial charge in [-0.2, -0.15) is 0 Å². The third kappa shape index (κ3) is 4.68. The Hall–Kier alpha value is -3.07. The van der Waals surface area contributed by atoms with Gasteiger partial charge in [-0.3, -0.25) is 23.7 Å². The van der Waals surface area contributed by atoms with Crippen LogP contribution in [0, 0.1) is 5.92 Å². The molecule has 1 unspecified atom stereocenters. The monoisotopic (exact) mass is 453 g/mol. The summed E-state index contributed by atoms with van der Waals surface area (Å²) in [6, 6.07) is 3.96. The summed E-state index contributed by atoms with van der Waals surface area (Å²) in [6.45, 7) is 3.82. The molecule has 176 valence electrons. The average Bonchev–Trinajstić information content (AvgIpc) is 3.39. The second-order valence-electron chi connectivity index (χ2n) is 8.84. The Morgan fingerprint density at radius 3 is 2.61 bits per heavy atom. The Bertz CT molecular complexity index is 1180. The van der Waals surface area contributed by atoms with Crippen LogP contribution < -0.4 is 11.2 Å². The first-order valence-electron chi connectivity index (χ1n) is 11.5. The lowest BCUT2D eigenvalue weighted by atomic mass is 10.0. The summed E-state index contributed by atoms with van der Waals surface area (Å²) in [5.41, 5.74) is 2.49. The van der Waals surface area contributed by atoms with Crippen LogP contribution in [0.2, 0.25) is 0 Å². The molecule has 0 saturated carbocycles. The summed E-state index contributed by atoms with van der Waals surface area (Å²) in [4.78, 5) is 48.7. The largest absolute Gasteiger partial charge is 0.383 e. The number of ether oxygens (including phenoxy) is 1. The van der Waals surface area contributed by atoms with Crippen molar-refractivity contribution < 1.29 is 9.53 Å². The fourth-order valence-corrected chi connectivity index (χ4v) is 4.58. The Morgan fingerprint density at radius 1 is 1.15 bits per heavy atom. The molecule has 2 aliphatic rings. The fourth-order valence-electron chi connectivity index (χ4n) is 4.58. The predicted molar refractivity (Wildman–Crippen MR) is 125 cm³/mol. The second kappa shape index (κ2) is 9.82. The van der Waals surface area contributed by atoms with Gasteiger partial charge in [-0.1, -0.05) is 6.92 Å². The highest BCUT2D eigenvalue weighted by Gasteiger charge is 2.27. The van der Waals surface area contributed by atoms with Crippen LogP contribution in [0.1, 0.15) is 43.0 Å². The number of pyridine rings is 1. The molecule has 0 N–H and O–H groups in total. The maximum atomic E-state index is 13.0. The number of methoxy groups -OCH3 is 1. The minimum absolute atomic E-state index is 0.213. The van der Waals surface area contributed by atoms with Gasteiger partial charge >= 0.3 is 5.69 Å². The summed E-state index contributed by atoms with van der Waals surface area (Å²) in [5, 5.41) is 0. The van der Waals surface area contributed by atoms with E-state index < -0.39 is 0 Å². The van der Waals surface area contributed by atoms with Crippen molar-refractivity contribution in [1.29, 1.82) is 0 Å². The van der Waals surface area contributed by atoms with E-state index in [0.717, 1.165) is 42.8 Å². The van der Waals surface area contributed by atoms with Crippen LogP contribution in [0.25, 0.3) is 0 Å². The van der Waals surface area contributed by atoms with E-state index in [0.29, 0.717) is 43.3 Å². The molecule has 4 rings (SSSR count). The number of hydrogen-bond donors (Lipinski definition) is 0. The molecule has 0 aromatic carbocycles. The molecule has 1 amide bonds. The summed E-state index contributed by atoms with van der Waals surface area (Å²) >= 11 is 0. The van der Waals surface area contributed by atoms with Gasteiger partial charge in [0.05, 0.1) is 24.4 Å². The normalized spacial score (nSPS) is 17.5. The minimum Gasteiger partial charge on any atom is -0.383 e. The van der Waals surface area contributed by atoms with Crippen LogP contribution in [-0.2, 0) is 35.5 Å². The molecule has 9 heteroatoms. The van der Waals surface area contributed by atoms with Gasteiger partial charge in [0.25, 0.3) is 5.56 Å². The molecule has 1 atom stereocenters. The number of likely N-dealkylation sites (tertiary alicyclic amines) is 1. The maximum absolute atomic E-state index is 13.0. The van der Waals surface area contributed by atoms with Crippen molar-refractivity contribution in [2.45, 2.75) is 52.1 Å². The van der Waals surface area contributed by atoms with E-state index in [1.807, 2.05) is 26.1 Å². The van der Waals surface area contributed by atoms with Gasteiger partial charge in [-0.15, -0.1) is 0 Å². The zero-order chi connectivity index (χ0) is 23.5. The number of hydrogen-bond acceptors (Lipinski definition) is 6. The second-order valence-corrected chi connectivity index (χ2v) is 8.84. The summed E-state index contributed by atoms with van der Waals surface area (Å²) in [6.07, 6.45) is 5.29. The van der Waals surface area contributed by atoms with Crippen molar-refractivity contribution >= 4 is 17.4 Å². The number of fused-ring (bicyclic) bond motifs is 1. The average molecular weight is 454 g/mol. The topological polar surface area (TPSA) is 98.8 Å². The van der Waals surface area contributed by atoms with Crippen LogP contribution in [0.15, 0.2) is 32.9 Å². The van der Waals surface area contributed by atoms with Crippen molar-refractivity contribution in [2.75, 3.05) is 27.3 Å². The van der Waals surface area contributed by atoms with E-state index in [-0.39, 0.29) is 23.7 Å². The van der Waals surface area contributed by atoms with Gasteiger partial charge in [-0.25, -0.2) is 9.79 Å². The maximum Gasteiger partial charge on any atom is 0.332 e. The Labute approximate surface area is 192 Å². The standard InChI is InChI=1S/C24H31N5O4/c1-4-9-28-22-19(23(31)29(24(28)32)10-11-33-3)13-20(26-22)17-6-8-18(25-14-17)7-5-16-12-21(30)27(2)15-16/h6,8,14,16H,4-5,7,9-13,15H2,1-3H3. The molecule has 1 fully saturated rings. The number of aryl methyl sites for hydroxylation is 1. The summed E-state index contributed by atoms with van der Waals surface area (Å²) < 4.78 is 7.93. The molecule has 2 aliphatic heterocycles. The van der Waals surface area contributed by atoms with Gasteiger partial charge in [-0.05, 0) is 37.3 Å². The van der Waals surface area contributed by atoms with Crippen molar-refractivity contribution in [1.82, 2.24) is 19.0 Å². The molecule has 2 aromatic heterocycles. The van der Waals surface area contributed by atoms with Crippen LogP contribution in [0.5, 0.6) is 0 Å². The van der Waals surface area contributed by atoms with Gasteiger partial charge < -0.3 is 9.64 Å². The highest BCUT2D eigenvalue weighted by atomic mass is 16.5. The summed E-state index contributed by atoms with van der Waals surface area (Å²) in [5.74, 6) is 1.06. The van der Waals surface area contributed by atoms with Crippen molar-refractivity contribution in [3.8, 4) is 0 Å². The third-order valence-electron chi connectivity index (χ3n) is 6.43. The Morgan fingerprint density at radius 2 is 1.97 bits per heavy atom. The first-order chi connectivity index (χ1) is 15.9. The molecule has 4 heterocycles. The zero-order valence-corrected chi connectivity index (χ0v) is 19.5. The van der Waals surface area contributed by atoms with Gasteiger partial charge in [0, 0.05) is 57.5 Å². The van der Waals surface area contributed by atoms with Gasteiger partial charge in [0.2, 0.25) is 5.91 Å². The molecule has 0 spiro atoms. The highest BCUT2D eigenvalue weighted by Crippen LogP contribution is 2.26. The van der Waals surface area contributed by atoms with Crippen LogP contribution >= 0.6 is 0 Å². The first kappa shape index (κ1) is 23.1. The van der Waals surface area contributed by atoms with Crippen molar-refractivity contribution in [2.24, 2.45) is 10.9 Å². The predicted octanol–water partition coefficient (Wildman–Crippen LogP) is 1.55. The third-order valence-corrected chi connectivity index (χ3v) is 6.43. The minimum atomic E-state index is -0.341. The molecule has 0 radical (unpaired) electrons. The molecule has 2 aromatic rings. The van der Waals surface area contributed by atoms with Crippen LogP contribution in [0.4, 0.5) is 5.82 Å². The number of aromatic nitrogens is 3. The van der Waals surface area contributed by atoms with E-state index in [2.05, 4.69) is 4.98 Å². The lowest BCUT2D eigenvalue weighted by molar-refractivity contribution is -0.126. The smallest absolute Gasteiger partial charge is 0.332 e. The molecule has 0 aliphatic carbocycles. The molecular weight excluding hydrogens is 422 g/mol. The van der Waals surface area contributed by atoms with E-state index in [9.17, 15) is 14.4 Å². The molecule has 33 heavy (non-hydrogen) atoms. The van der Waals surface area contributed by atoms with Gasteiger partial charge in [0.15, 0.2) is 0 Å². The number of amides is 1. The Balaban J connectivity index is 1.53. The SMILES string of the molecule is CCCn1c2c(c(=O)n(CCOC)c1=O)CC(c1ccc(CCC3CC(=O)N(C)C3)nc1)=N2. The Kier molecular flexibility index (Phi) is 6.88.